The van der Waals surface area contributed by atoms with Crippen molar-refractivity contribution in [1.82, 2.24) is 10.0 Å². The van der Waals surface area contributed by atoms with Gasteiger partial charge >= 0.3 is 0 Å². The van der Waals surface area contributed by atoms with Gasteiger partial charge in [0.1, 0.15) is 0 Å². The van der Waals surface area contributed by atoms with Gasteiger partial charge in [-0.2, -0.15) is 0 Å². The van der Waals surface area contributed by atoms with E-state index < -0.39 is 29.3 Å². The van der Waals surface area contributed by atoms with Crippen LogP contribution in [0.4, 0.5) is 4.79 Å². The Morgan fingerprint density at radius 1 is 1.13 bits per heavy atom. The first-order valence-corrected chi connectivity index (χ1v) is 6.20. The number of rotatable bonds is 4. The summed E-state index contributed by atoms with van der Waals surface area (Å²) in [5, 5.41) is 1.38. The van der Waals surface area contributed by atoms with Crippen molar-refractivity contribution >= 4 is 46.5 Å². The van der Waals surface area contributed by atoms with Crippen LogP contribution < -0.4 is 10.0 Å². The zero-order chi connectivity index (χ0) is 11.8. The van der Waals surface area contributed by atoms with Crippen LogP contribution >= 0.6 is 23.7 Å². The lowest BCUT2D eigenvalue weighted by atomic mass is 10.2. The summed E-state index contributed by atoms with van der Waals surface area (Å²) < 4.78 is 2.18. The number of carbonyl (C=O) groups is 4. The van der Waals surface area contributed by atoms with E-state index in [2.05, 4.69) is 4.72 Å². The van der Waals surface area contributed by atoms with E-state index >= 15 is 0 Å². The van der Waals surface area contributed by atoms with Crippen LogP contribution in [0.2, 0.25) is 0 Å². The maximum Gasteiger partial charge on any atom is 0.297 e. The highest BCUT2D eigenvalue weighted by Gasteiger charge is 2.18. The Labute approximate surface area is 95.1 Å². The van der Waals surface area contributed by atoms with Crippen LogP contribution in [0, 0.1) is 0 Å². The standard InChI is InChI=1S/C7H10N2O4S2/c1-14-7(13)8-5(11)3-4(10)6(12)9-15-2/h3H2,1-2H3,(H,9,12)(H,8,11,13). The van der Waals surface area contributed by atoms with Gasteiger partial charge in [-0.15, -0.1) is 0 Å². The summed E-state index contributed by atoms with van der Waals surface area (Å²) >= 11 is 1.77. The Bertz CT molecular complexity index is 293. The van der Waals surface area contributed by atoms with Gasteiger partial charge in [0.2, 0.25) is 11.7 Å². The third-order valence-electron chi connectivity index (χ3n) is 1.20. The van der Waals surface area contributed by atoms with Crippen molar-refractivity contribution in [2.24, 2.45) is 0 Å². The van der Waals surface area contributed by atoms with Crippen molar-refractivity contribution in [3.8, 4) is 0 Å². The van der Waals surface area contributed by atoms with Crippen molar-refractivity contribution < 1.29 is 19.2 Å². The summed E-state index contributed by atoms with van der Waals surface area (Å²) in [6.45, 7) is 0. The second-order valence-electron chi connectivity index (χ2n) is 2.28. The van der Waals surface area contributed by atoms with Gasteiger partial charge < -0.3 is 0 Å². The lowest BCUT2D eigenvalue weighted by molar-refractivity contribution is -0.139. The molecule has 0 aliphatic rings. The van der Waals surface area contributed by atoms with Gasteiger partial charge in [0, 0.05) is 6.26 Å². The maximum absolute atomic E-state index is 11.0. The summed E-state index contributed by atoms with van der Waals surface area (Å²) in [7, 11) is 0. The molecule has 0 rings (SSSR count). The van der Waals surface area contributed by atoms with Gasteiger partial charge in [-0.3, -0.25) is 29.2 Å². The van der Waals surface area contributed by atoms with Gasteiger partial charge in [-0.1, -0.05) is 23.7 Å². The molecule has 6 nitrogen and oxygen atoms in total. The fraction of sp³-hybridized carbons (Fsp3) is 0.429. The normalized spacial score (nSPS) is 9.20. The Hall–Kier alpha value is -1.02. The number of Topliss-reactive ketones (excluding diaryl/α,β-unsaturated/α-hetero) is 1. The molecule has 0 spiro atoms. The molecule has 15 heavy (non-hydrogen) atoms. The van der Waals surface area contributed by atoms with Gasteiger partial charge in [0.25, 0.3) is 11.1 Å². The van der Waals surface area contributed by atoms with Crippen molar-refractivity contribution in [2.75, 3.05) is 12.5 Å². The highest BCUT2D eigenvalue weighted by Crippen LogP contribution is 1.94. The number of thioether (sulfide) groups is 1. The van der Waals surface area contributed by atoms with E-state index in [1.54, 1.807) is 6.26 Å². The van der Waals surface area contributed by atoms with Gasteiger partial charge in [-0.25, -0.2) is 0 Å². The minimum atomic E-state index is -0.879. The highest BCUT2D eigenvalue weighted by molar-refractivity contribution is 8.13. The zero-order valence-electron chi connectivity index (χ0n) is 8.16. The number of hydrogen-bond acceptors (Lipinski definition) is 6. The monoisotopic (exact) mass is 250 g/mol. The van der Waals surface area contributed by atoms with E-state index in [4.69, 9.17) is 0 Å². The van der Waals surface area contributed by atoms with Gasteiger partial charge in [-0.05, 0) is 6.26 Å². The molecule has 0 aromatic rings. The first-order valence-electron chi connectivity index (χ1n) is 3.75. The fourth-order valence-electron chi connectivity index (χ4n) is 0.585. The number of imide groups is 1. The van der Waals surface area contributed by atoms with E-state index in [1.165, 1.54) is 6.26 Å². The Morgan fingerprint density at radius 3 is 2.20 bits per heavy atom. The number of hydrogen-bond donors (Lipinski definition) is 2. The Morgan fingerprint density at radius 2 is 1.73 bits per heavy atom. The Balaban J connectivity index is 4.02. The van der Waals surface area contributed by atoms with Crippen molar-refractivity contribution in [2.45, 2.75) is 6.42 Å². The van der Waals surface area contributed by atoms with Crippen LogP contribution in [0.25, 0.3) is 0 Å². The quantitative estimate of drug-likeness (QED) is 0.412. The van der Waals surface area contributed by atoms with Gasteiger partial charge in [0.15, 0.2) is 0 Å². The minimum Gasteiger partial charge on any atom is -0.294 e. The van der Waals surface area contributed by atoms with Crippen LogP contribution in [0.1, 0.15) is 6.42 Å². The van der Waals surface area contributed by atoms with Crippen molar-refractivity contribution in [1.29, 1.82) is 0 Å². The molecule has 0 aromatic carbocycles. The summed E-state index contributed by atoms with van der Waals surface area (Å²) in [5.41, 5.74) is 0. The average Bonchev–Trinajstić information content (AvgIpc) is 2.17. The molecule has 0 saturated heterocycles. The summed E-state index contributed by atoms with van der Waals surface area (Å²) in [5.74, 6) is -2.51. The predicted molar refractivity (Wildman–Crippen MR) is 58.3 cm³/mol. The molecule has 0 aliphatic heterocycles. The fourth-order valence-corrected chi connectivity index (χ4v) is 1.10. The second-order valence-corrected chi connectivity index (χ2v) is 3.67. The number of carbonyl (C=O) groups excluding carboxylic acids is 4. The third-order valence-corrected chi connectivity index (χ3v) is 2.06. The van der Waals surface area contributed by atoms with Crippen LogP contribution in [-0.4, -0.2) is 35.3 Å². The zero-order valence-corrected chi connectivity index (χ0v) is 9.79. The first-order chi connectivity index (χ1) is 7.01. The van der Waals surface area contributed by atoms with E-state index in [9.17, 15) is 19.2 Å². The molecule has 2 N–H and O–H groups in total. The first kappa shape index (κ1) is 14.0. The molecule has 8 heteroatoms. The van der Waals surface area contributed by atoms with E-state index in [1.807, 2.05) is 5.32 Å². The smallest absolute Gasteiger partial charge is 0.294 e. The molecule has 0 atom stereocenters. The van der Waals surface area contributed by atoms with E-state index in [-0.39, 0.29) is 0 Å². The predicted octanol–water partition coefficient (Wildman–Crippen LogP) is -0.0610. The highest BCUT2D eigenvalue weighted by atomic mass is 32.2. The topological polar surface area (TPSA) is 92.3 Å². The molecular formula is C7H10N2O4S2. The number of nitrogens with one attached hydrogen (secondary N) is 2. The van der Waals surface area contributed by atoms with Crippen LogP contribution in [0.5, 0.6) is 0 Å². The molecule has 0 unspecified atom stereocenters. The lowest BCUT2D eigenvalue weighted by Crippen LogP contribution is -2.33. The van der Waals surface area contributed by atoms with Crippen molar-refractivity contribution in [3.63, 3.8) is 0 Å². The minimum absolute atomic E-state index is 0.557. The number of ketones is 1. The van der Waals surface area contributed by atoms with E-state index in [0.717, 1.165) is 23.7 Å². The Kier molecular flexibility index (Phi) is 6.80. The second kappa shape index (κ2) is 7.30. The lowest BCUT2D eigenvalue weighted by Gasteiger charge is -2.01. The molecule has 0 saturated carbocycles. The summed E-state index contributed by atoms with van der Waals surface area (Å²) in [4.78, 5) is 43.6. The molecule has 0 bridgehead atoms. The molecule has 0 aromatic heterocycles. The molecule has 0 heterocycles. The molecular weight excluding hydrogens is 240 g/mol. The molecule has 0 aliphatic carbocycles. The summed E-state index contributed by atoms with van der Waals surface area (Å²) in [6, 6.07) is 0. The van der Waals surface area contributed by atoms with Gasteiger partial charge in [0.05, 0.1) is 6.42 Å². The van der Waals surface area contributed by atoms with Crippen molar-refractivity contribution in [3.05, 3.63) is 0 Å². The van der Waals surface area contributed by atoms with Crippen LogP contribution in [0.15, 0.2) is 0 Å². The average molecular weight is 250 g/mol. The number of amides is 3. The largest absolute Gasteiger partial charge is 0.297 e. The third kappa shape index (κ3) is 6.13. The summed E-state index contributed by atoms with van der Waals surface area (Å²) in [6.07, 6.45) is 2.44. The molecule has 0 fully saturated rings. The molecule has 3 amide bonds. The maximum atomic E-state index is 11.0. The van der Waals surface area contributed by atoms with E-state index in [0.29, 0.717) is 0 Å². The molecule has 84 valence electrons. The molecule has 0 radical (unpaired) electrons. The van der Waals surface area contributed by atoms with Crippen LogP contribution in [0.3, 0.4) is 0 Å². The van der Waals surface area contributed by atoms with Crippen LogP contribution in [-0.2, 0) is 14.4 Å². The SMILES string of the molecule is CSNC(=O)C(=O)CC(=O)NC(=O)SC.